The normalized spacial score (nSPS) is 11.9. The average molecular weight is 327 g/mol. The molecular weight excluding hydrogens is 317 g/mol. The molecular formula is C10H10BrF3N2O2. The first-order chi connectivity index (χ1) is 8.20. The number of rotatable bonds is 4. The maximum absolute atomic E-state index is 12.2. The Bertz CT molecular complexity index is 451. The summed E-state index contributed by atoms with van der Waals surface area (Å²) in [6.07, 6.45) is -4.29. The van der Waals surface area contributed by atoms with Gasteiger partial charge in [0.05, 0.1) is 15.9 Å². The molecule has 0 aliphatic heterocycles. The van der Waals surface area contributed by atoms with Gasteiger partial charge in [-0.1, -0.05) is 12.1 Å². The topological polar surface area (TPSA) is 46.4 Å². The molecule has 4 nitrogen and oxygen atoms in total. The zero-order chi connectivity index (χ0) is 13.9. The summed E-state index contributed by atoms with van der Waals surface area (Å²) in [4.78, 5) is 11.1. The van der Waals surface area contributed by atoms with Crippen molar-refractivity contribution in [2.75, 3.05) is 13.6 Å². The van der Waals surface area contributed by atoms with Gasteiger partial charge in [-0.25, -0.2) is 0 Å². The van der Waals surface area contributed by atoms with E-state index in [1.807, 2.05) is 0 Å². The molecule has 100 valence electrons. The molecule has 8 heteroatoms. The van der Waals surface area contributed by atoms with Gasteiger partial charge >= 0.3 is 6.18 Å². The van der Waals surface area contributed by atoms with Crippen molar-refractivity contribution >= 4 is 21.6 Å². The summed E-state index contributed by atoms with van der Waals surface area (Å²) in [5, 5.41) is 10.7. The molecule has 0 aromatic heterocycles. The monoisotopic (exact) mass is 326 g/mol. The second-order valence-corrected chi connectivity index (χ2v) is 4.59. The molecule has 0 fully saturated rings. The molecule has 18 heavy (non-hydrogen) atoms. The molecule has 0 saturated carbocycles. The molecule has 0 saturated heterocycles. The first kappa shape index (κ1) is 14.9. The fourth-order valence-electron chi connectivity index (χ4n) is 1.48. The van der Waals surface area contributed by atoms with E-state index in [9.17, 15) is 23.3 Å². The lowest BCUT2D eigenvalue weighted by atomic mass is 10.2. The standard InChI is InChI=1S/C10H10BrF3N2O2/c1-15(6-10(12,13)14)5-7-3-2-4-8(9(7)11)16(17)18/h2-4H,5-6H2,1H3. The predicted molar refractivity (Wildman–Crippen MR) is 63.2 cm³/mol. The van der Waals surface area contributed by atoms with Gasteiger partial charge in [-0.2, -0.15) is 13.2 Å². The maximum Gasteiger partial charge on any atom is 0.401 e. The summed E-state index contributed by atoms with van der Waals surface area (Å²) in [5.74, 6) is 0. The molecule has 0 heterocycles. The predicted octanol–water partition coefficient (Wildman–Crippen LogP) is 3.35. The molecule has 0 aliphatic carbocycles. The molecule has 0 aliphatic rings. The third kappa shape index (κ3) is 4.26. The Kier molecular flexibility index (Phi) is 4.69. The SMILES string of the molecule is CN(Cc1cccc([N+](=O)[O-])c1Br)CC(F)(F)F. The highest BCUT2D eigenvalue weighted by atomic mass is 79.9. The van der Waals surface area contributed by atoms with Crippen LogP contribution >= 0.6 is 15.9 Å². The highest BCUT2D eigenvalue weighted by Crippen LogP contribution is 2.29. The Labute approximate surface area is 110 Å². The molecule has 1 rings (SSSR count). The quantitative estimate of drug-likeness (QED) is 0.629. The van der Waals surface area contributed by atoms with Crippen LogP contribution in [0.5, 0.6) is 0 Å². The summed E-state index contributed by atoms with van der Waals surface area (Å²) in [5.41, 5.74) is 0.281. The van der Waals surface area contributed by atoms with Gasteiger partial charge in [0.15, 0.2) is 0 Å². The van der Waals surface area contributed by atoms with Crippen LogP contribution < -0.4 is 0 Å². The average Bonchev–Trinajstić information content (AvgIpc) is 2.17. The van der Waals surface area contributed by atoms with Crippen LogP contribution in [0, 0.1) is 10.1 Å². The van der Waals surface area contributed by atoms with Crippen molar-refractivity contribution < 1.29 is 18.1 Å². The van der Waals surface area contributed by atoms with Gasteiger partial charge in [-0.15, -0.1) is 0 Å². The van der Waals surface area contributed by atoms with Crippen molar-refractivity contribution in [3.63, 3.8) is 0 Å². The van der Waals surface area contributed by atoms with Crippen molar-refractivity contribution in [2.45, 2.75) is 12.7 Å². The van der Waals surface area contributed by atoms with Crippen LogP contribution in [0.15, 0.2) is 22.7 Å². The van der Waals surface area contributed by atoms with Crippen LogP contribution in [0.25, 0.3) is 0 Å². The molecule has 0 spiro atoms. The van der Waals surface area contributed by atoms with Crippen LogP contribution in [0.2, 0.25) is 0 Å². The number of alkyl halides is 3. The lowest BCUT2D eigenvalue weighted by molar-refractivity contribution is -0.385. The van der Waals surface area contributed by atoms with E-state index in [0.717, 1.165) is 4.90 Å². The number of benzene rings is 1. The molecule has 0 atom stereocenters. The molecule has 0 unspecified atom stereocenters. The largest absolute Gasteiger partial charge is 0.401 e. The zero-order valence-electron chi connectivity index (χ0n) is 9.37. The first-order valence-electron chi connectivity index (χ1n) is 4.88. The highest BCUT2D eigenvalue weighted by Gasteiger charge is 2.29. The van der Waals surface area contributed by atoms with Crippen molar-refractivity contribution in [3.8, 4) is 0 Å². The second-order valence-electron chi connectivity index (χ2n) is 3.79. The Hall–Kier alpha value is -1.15. The van der Waals surface area contributed by atoms with Gasteiger partial charge in [-0.05, 0) is 28.5 Å². The van der Waals surface area contributed by atoms with Crippen molar-refractivity contribution in [1.29, 1.82) is 0 Å². The van der Waals surface area contributed by atoms with E-state index in [-0.39, 0.29) is 16.7 Å². The summed E-state index contributed by atoms with van der Waals surface area (Å²) < 4.78 is 36.7. The van der Waals surface area contributed by atoms with Crippen LogP contribution in [0.4, 0.5) is 18.9 Å². The van der Waals surface area contributed by atoms with Crippen LogP contribution in [-0.4, -0.2) is 29.6 Å². The number of nitro benzene ring substituents is 1. The summed E-state index contributed by atoms with van der Waals surface area (Å²) in [6.45, 7) is -1.09. The van der Waals surface area contributed by atoms with Crippen LogP contribution in [-0.2, 0) is 6.54 Å². The van der Waals surface area contributed by atoms with E-state index in [0.29, 0.717) is 5.56 Å². The van der Waals surface area contributed by atoms with Gasteiger partial charge < -0.3 is 0 Å². The Morgan fingerprint density at radius 3 is 2.56 bits per heavy atom. The first-order valence-corrected chi connectivity index (χ1v) is 5.67. The van der Waals surface area contributed by atoms with Gasteiger partial charge in [0.2, 0.25) is 0 Å². The third-order valence-corrected chi connectivity index (χ3v) is 3.06. The number of halogens is 4. The molecule has 1 aromatic rings. The fourth-order valence-corrected chi connectivity index (χ4v) is 2.02. The minimum absolute atomic E-state index is 0.0260. The number of nitro groups is 1. The van der Waals surface area contributed by atoms with E-state index < -0.39 is 17.6 Å². The minimum Gasteiger partial charge on any atom is -0.294 e. The lowest BCUT2D eigenvalue weighted by Crippen LogP contribution is -2.30. The van der Waals surface area contributed by atoms with Crippen molar-refractivity contribution in [3.05, 3.63) is 38.3 Å². The number of hydrogen-bond donors (Lipinski definition) is 0. The Morgan fingerprint density at radius 2 is 2.06 bits per heavy atom. The second kappa shape index (κ2) is 5.66. The summed E-state index contributed by atoms with van der Waals surface area (Å²) >= 11 is 3.04. The van der Waals surface area contributed by atoms with E-state index in [1.54, 1.807) is 6.07 Å². The minimum atomic E-state index is -4.29. The third-order valence-electron chi connectivity index (χ3n) is 2.14. The Balaban J connectivity index is 2.85. The van der Waals surface area contributed by atoms with Crippen molar-refractivity contribution in [2.24, 2.45) is 0 Å². The maximum atomic E-state index is 12.2. The number of hydrogen-bond acceptors (Lipinski definition) is 3. The van der Waals surface area contributed by atoms with E-state index in [1.165, 1.54) is 19.2 Å². The highest BCUT2D eigenvalue weighted by molar-refractivity contribution is 9.10. The molecule has 0 amide bonds. The van der Waals surface area contributed by atoms with Gasteiger partial charge in [-0.3, -0.25) is 15.0 Å². The number of nitrogens with zero attached hydrogens (tertiary/aromatic N) is 2. The zero-order valence-corrected chi connectivity index (χ0v) is 11.0. The van der Waals surface area contributed by atoms with Gasteiger partial charge in [0, 0.05) is 12.6 Å². The van der Waals surface area contributed by atoms with Crippen LogP contribution in [0.3, 0.4) is 0 Å². The van der Waals surface area contributed by atoms with E-state index in [2.05, 4.69) is 15.9 Å². The van der Waals surface area contributed by atoms with Gasteiger partial charge in [0.25, 0.3) is 5.69 Å². The molecule has 1 aromatic carbocycles. The Morgan fingerprint density at radius 1 is 1.44 bits per heavy atom. The van der Waals surface area contributed by atoms with Crippen molar-refractivity contribution in [1.82, 2.24) is 4.90 Å². The molecule has 0 N–H and O–H groups in total. The molecule has 0 bridgehead atoms. The fraction of sp³-hybridized carbons (Fsp3) is 0.400. The smallest absolute Gasteiger partial charge is 0.294 e. The molecule has 0 radical (unpaired) electrons. The van der Waals surface area contributed by atoms with Gasteiger partial charge in [0.1, 0.15) is 0 Å². The van der Waals surface area contributed by atoms with Crippen LogP contribution in [0.1, 0.15) is 5.56 Å². The lowest BCUT2D eigenvalue weighted by Gasteiger charge is -2.19. The summed E-state index contributed by atoms with van der Waals surface area (Å²) in [7, 11) is 1.30. The summed E-state index contributed by atoms with van der Waals surface area (Å²) in [6, 6.07) is 4.28. The van der Waals surface area contributed by atoms with E-state index in [4.69, 9.17) is 0 Å². The van der Waals surface area contributed by atoms with E-state index >= 15 is 0 Å².